The van der Waals surface area contributed by atoms with E-state index in [9.17, 15) is 9.59 Å². The van der Waals surface area contributed by atoms with Crippen molar-refractivity contribution in [3.63, 3.8) is 0 Å². The van der Waals surface area contributed by atoms with Crippen LogP contribution in [0.3, 0.4) is 0 Å². The number of fused-ring (bicyclic) bond motifs is 1. The number of amides is 2. The second-order valence-corrected chi connectivity index (χ2v) is 7.28. The lowest BCUT2D eigenvalue weighted by Crippen LogP contribution is -2.42. The number of rotatable bonds is 6. The molecular weight excluding hydrogens is 404 g/mol. The SMILES string of the molecule is CC#CC(=O)N1CCn2cc(C(=O)NCCOc3ccccc3)nc2C1c1ccccc1. The first kappa shape index (κ1) is 21.2. The van der Waals surface area contributed by atoms with E-state index < -0.39 is 6.04 Å². The predicted molar refractivity (Wildman–Crippen MR) is 120 cm³/mol. The van der Waals surface area contributed by atoms with E-state index in [0.717, 1.165) is 11.3 Å². The quantitative estimate of drug-likeness (QED) is 0.484. The van der Waals surface area contributed by atoms with Crippen LogP contribution in [0.15, 0.2) is 66.9 Å². The maximum Gasteiger partial charge on any atom is 0.299 e. The Hall–Kier alpha value is -4.05. The zero-order valence-corrected chi connectivity index (χ0v) is 17.8. The van der Waals surface area contributed by atoms with Gasteiger partial charge in [0.2, 0.25) is 0 Å². The Morgan fingerprint density at radius 1 is 1.09 bits per heavy atom. The summed E-state index contributed by atoms with van der Waals surface area (Å²) in [7, 11) is 0. The van der Waals surface area contributed by atoms with E-state index in [2.05, 4.69) is 22.1 Å². The number of hydrogen-bond donors (Lipinski definition) is 1. The molecule has 0 saturated heterocycles. The van der Waals surface area contributed by atoms with E-state index in [-0.39, 0.29) is 11.8 Å². The zero-order chi connectivity index (χ0) is 22.3. The average molecular weight is 428 g/mol. The molecule has 0 radical (unpaired) electrons. The molecule has 1 atom stereocenters. The van der Waals surface area contributed by atoms with E-state index in [4.69, 9.17) is 4.74 Å². The molecule has 3 aromatic rings. The molecule has 2 heterocycles. The minimum absolute atomic E-state index is 0.250. The molecule has 2 amide bonds. The smallest absolute Gasteiger partial charge is 0.299 e. The second kappa shape index (κ2) is 9.84. The Labute approximate surface area is 187 Å². The number of benzene rings is 2. The monoisotopic (exact) mass is 428 g/mol. The minimum atomic E-state index is -0.402. The fraction of sp³-hybridized carbons (Fsp3) is 0.240. The molecule has 1 aliphatic heterocycles. The van der Waals surface area contributed by atoms with Crippen molar-refractivity contribution in [2.24, 2.45) is 0 Å². The number of hydrogen-bond acceptors (Lipinski definition) is 4. The van der Waals surface area contributed by atoms with Crippen LogP contribution >= 0.6 is 0 Å². The Bertz CT molecular complexity index is 1150. The van der Waals surface area contributed by atoms with Gasteiger partial charge in [-0.05, 0) is 30.5 Å². The number of ether oxygens (including phenoxy) is 1. The standard InChI is InChI=1S/C25H24N4O3/c1-2-9-22(30)29-16-15-28-18-21(27-24(28)23(29)19-10-5-3-6-11-19)25(31)26-14-17-32-20-12-7-4-8-13-20/h3-8,10-13,18,23H,14-17H2,1H3,(H,26,31). The highest BCUT2D eigenvalue weighted by Gasteiger charge is 2.34. The van der Waals surface area contributed by atoms with Crippen LogP contribution in [-0.4, -0.2) is 46.0 Å². The van der Waals surface area contributed by atoms with Crippen molar-refractivity contribution < 1.29 is 14.3 Å². The van der Waals surface area contributed by atoms with E-state index in [1.807, 2.05) is 65.2 Å². The van der Waals surface area contributed by atoms with E-state index in [0.29, 0.717) is 37.8 Å². The molecular formula is C25H24N4O3. The summed E-state index contributed by atoms with van der Waals surface area (Å²) in [5.41, 5.74) is 1.24. The summed E-state index contributed by atoms with van der Waals surface area (Å²) in [5, 5.41) is 2.84. The van der Waals surface area contributed by atoms with Gasteiger partial charge in [-0.25, -0.2) is 4.98 Å². The molecule has 7 nitrogen and oxygen atoms in total. The highest BCUT2D eigenvalue weighted by Crippen LogP contribution is 2.31. The van der Waals surface area contributed by atoms with Crippen molar-refractivity contribution in [1.29, 1.82) is 0 Å². The third kappa shape index (κ3) is 4.65. The molecule has 1 unspecified atom stereocenters. The van der Waals surface area contributed by atoms with Gasteiger partial charge in [0.05, 0.1) is 6.54 Å². The largest absolute Gasteiger partial charge is 0.492 e. The number of nitrogens with one attached hydrogen (secondary N) is 1. The predicted octanol–water partition coefficient (Wildman–Crippen LogP) is 2.65. The topological polar surface area (TPSA) is 76.5 Å². The van der Waals surface area contributed by atoms with Crippen molar-refractivity contribution in [1.82, 2.24) is 19.8 Å². The molecule has 0 saturated carbocycles. The Kier molecular flexibility index (Phi) is 6.52. The fourth-order valence-corrected chi connectivity index (χ4v) is 3.72. The molecule has 1 N–H and O–H groups in total. The summed E-state index contributed by atoms with van der Waals surface area (Å²) in [6.07, 6.45) is 1.74. The molecule has 7 heteroatoms. The number of carbonyl (C=O) groups is 2. The van der Waals surface area contributed by atoms with Crippen LogP contribution < -0.4 is 10.1 Å². The normalized spacial score (nSPS) is 14.7. The van der Waals surface area contributed by atoms with Crippen LogP contribution in [0.25, 0.3) is 0 Å². The molecule has 32 heavy (non-hydrogen) atoms. The Morgan fingerprint density at radius 2 is 1.81 bits per heavy atom. The maximum absolute atomic E-state index is 12.7. The summed E-state index contributed by atoms with van der Waals surface area (Å²) in [5.74, 6) is 6.19. The summed E-state index contributed by atoms with van der Waals surface area (Å²) in [6.45, 7) is 3.39. The highest BCUT2D eigenvalue weighted by atomic mass is 16.5. The van der Waals surface area contributed by atoms with Crippen LogP contribution in [0, 0.1) is 11.8 Å². The first-order valence-corrected chi connectivity index (χ1v) is 10.5. The highest BCUT2D eigenvalue weighted by molar-refractivity contribution is 5.94. The Morgan fingerprint density at radius 3 is 2.53 bits per heavy atom. The minimum Gasteiger partial charge on any atom is -0.492 e. The molecule has 1 aliphatic rings. The Balaban J connectivity index is 1.50. The molecule has 0 bridgehead atoms. The van der Waals surface area contributed by atoms with Crippen molar-refractivity contribution in [3.8, 4) is 17.6 Å². The second-order valence-electron chi connectivity index (χ2n) is 7.28. The summed E-state index contributed by atoms with van der Waals surface area (Å²) < 4.78 is 7.56. The summed E-state index contributed by atoms with van der Waals surface area (Å²) >= 11 is 0. The van der Waals surface area contributed by atoms with Crippen LogP contribution in [0.4, 0.5) is 0 Å². The van der Waals surface area contributed by atoms with Crippen molar-refractivity contribution in [2.45, 2.75) is 19.5 Å². The van der Waals surface area contributed by atoms with Gasteiger partial charge in [-0.1, -0.05) is 54.5 Å². The molecule has 0 spiro atoms. The van der Waals surface area contributed by atoms with Gasteiger partial charge in [0.1, 0.15) is 29.9 Å². The van der Waals surface area contributed by atoms with Gasteiger partial charge in [-0.2, -0.15) is 0 Å². The number of para-hydroxylation sites is 1. The van der Waals surface area contributed by atoms with Gasteiger partial charge in [-0.15, -0.1) is 0 Å². The number of imidazole rings is 1. The lowest BCUT2D eigenvalue weighted by molar-refractivity contribution is -0.127. The number of carbonyl (C=O) groups excluding carboxylic acids is 2. The van der Waals surface area contributed by atoms with Crippen molar-refractivity contribution in [3.05, 3.63) is 83.9 Å². The van der Waals surface area contributed by atoms with Crippen molar-refractivity contribution >= 4 is 11.8 Å². The fourth-order valence-electron chi connectivity index (χ4n) is 3.72. The van der Waals surface area contributed by atoms with Gasteiger partial charge < -0.3 is 19.5 Å². The lowest BCUT2D eigenvalue weighted by Gasteiger charge is -2.35. The van der Waals surface area contributed by atoms with Crippen LogP contribution in [-0.2, 0) is 11.3 Å². The zero-order valence-electron chi connectivity index (χ0n) is 17.8. The van der Waals surface area contributed by atoms with E-state index in [1.54, 1.807) is 18.0 Å². The van der Waals surface area contributed by atoms with E-state index in [1.165, 1.54) is 0 Å². The first-order chi connectivity index (χ1) is 15.7. The maximum atomic E-state index is 12.7. The molecule has 0 fully saturated rings. The van der Waals surface area contributed by atoms with Gasteiger partial charge in [-0.3, -0.25) is 9.59 Å². The first-order valence-electron chi connectivity index (χ1n) is 10.5. The summed E-state index contributed by atoms with van der Waals surface area (Å²) in [6, 6.07) is 18.7. The molecule has 0 aliphatic carbocycles. The molecule has 2 aromatic carbocycles. The third-order valence-electron chi connectivity index (χ3n) is 5.19. The van der Waals surface area contributed by atoms with Crippen LogP contribution in [0.2, 0.25) is 0 Å². The number of nitrogens with zero attached hydrogens (tertiary/aromatic N) is 3. The average Bonchev–Trinajstić information content (AvgIpc) is 3.27. The third-order valence-corrected chi connectivity index (χ3v) is 5.19. The van der Waals surface area contributed by atoms with E-state index >= 15 is 0 Å². The van der Waals surface area contributed by atoms with Crippen molar-refractivity contribution in [2.75, 3.05) is 19.7 Å². The summed E-state index contributed by atoms with van der Waals surface area (Å²) in [4.78, 5) is 31.7. The molecule has 1 aromatic heterocycles. The van der Waals surface area contributed by atoms with Gasteiger partial charge in [0, 0.05) is 19.3 Å². The lowest BCUT2D eigenvalue weighted by atomic mass is 10.0. The van der Waals surface area contributed by atoms with Gasteiger partial charge in [0.25, 0.3) is 11.8 Å². The number of aromatic nitrogens is 2. The van der Waals surface area contributed by atoms with Gasteiger partial charge in [0.15, 0.2) is 0 Å². The van der Waals surface area contributed by atoms with Gasteiger partial charge >= 0.3 is 0 Å². The van der Waals surface area contributed by atoms with Crippen LogP contribution in [0.1, 0.15) is 34.8 Å². The molecule has 4 rings (SSSR count). The molecule has 162 valence electrons. The van der Waals surface area contributed by atoms with Crippen LogP contribution in [0.5, 0.6) is 5.75 Å².